The van der Waals surface area contributed by atoms with Crippen molar-refractivity contribution in [3.8, 4) is 11.5 Å². The van der Waals surface area contributed by atoms with Gasteiger partial charge < -0.3 is 9.64 Å². The summed E-state index contributed by atoms with van der Waals surface area (Å²) in [6, 6.07) is 12.7. The van der Waals surface area contributed by atoms with E-state index in [1.54, 1.807) is 30.0 Å². The average molecular weight is 367 g/mol. The first-order chi connectivity index (χ1) is 11.4. The van der Waals surface area contributed by atoms with E-state index < -0.39 is 10.0 Å². The Labute approximate surface area is 148 Å². The number of sulfonamides is 1. The molecule has 0 aromatic heterocycles. The van der Waals surface area contributed by atoms with Gasteiger partial charge in [-0.25, -0.2) is 13.1 Å². The minimum absolute atomic E-state index is 0.229. The van der Waals surface area contributed by atoms with Crippen LogP contribution in [-0.4, -0.2) is 40.7 Å². The van der Waals surface area contributed by atoms with Gasteiger partial charge >= 0.3 is 0 Å². The Bertz CT molecular complexity index is 788. The number of nitrogens with one attached hydrogen (secondary N) is 1. The Hall–Kier alpha value is -1.54. The Balaban J connectivity index is 2.36. The summed E-state index contributed by atoms with van der Waals surface area (Å²) in [6.07, 6.45) is 2.02. The lowest BCUT2D eigenvalue weighted by atomic mass is 10.2. The van der Waals surface area contributed by atoms with Crippen LogP contribution in [0.5, 0.6) is 11.5 Å². The third-order valence-corrected chi connectivity index (χ3v) is 5.54. The monoisotopic (exact) mass is 366 g/mol. The number of thioether (sulfide) groups is 1. The van der Waals surface area contributed by atoms with Crippen molar-refractivity contribution in [2.24, 2.45) is 0 Å². The molecule has 0 bridgehead atoms. The first kappa shape index (κ1) is 18.8. The van der Waals surface area contributed by atoms with Gasteiger partial charge in [-0.3, -0.25) is 0 Å². The molecular formula is C17H22N2O3S2. The second-order valence-electron chi connectivity index (χ2n) is 5.49. The zero-order chi connectivity index (χ0) is 17.7. The van der Waals surface area contributed by atoms with Gasteiger partial charge in [0.2, 0.25) is 10.0 Å². The third-order valence-electron chi connectivity index (χ3n) is 3.38. The molecule has 0 fully saturated rings. The Morgan fingerprint density at radius 1 is 1.12 bits per heavy atom. The number of benzene rings is 2. The van der Waals surface area contributed by atoms with Crippen LogP contribution >= 0.6 is 11.8 Å². The Morgan fingerprint density at radius 3 is 2.33 bits per heavy atom. The van der Waals surface area contributed by atoms with E-state index in [0.717, 1.165) is 16.2 Å². The van der Waals surface area contributed by atoms with E-state index in [1.165, 1.54) is 7.05 Å². The fourth-order valence-corrected chi connectivity index (χ4v) is 3.36. The molecule has 0 aliphatic heterocycles. The lowest BCUT2D eigenvalue weighted by Gasteiger charge is -2.16. The third kappa shape index (κ3) is 4.73. The second-order valence-corrected chi connectivity index (χ2v) is 8.26. The van der Waals surface area contributed by atoms with E-state index in [9.17, 15) is 8.42 Å². The smallest absolute Gasteiger partial charge is 0.240 e. The minimum atomic E-state index is -3.48. The summed E-state index contributed by atoms with van der Waals surface area (Å²) in [5, 5.41) is 0. The summed E-state index contributed by atoms with van der Waals surface area (Å²) in [7, 11) is 1.77. The highest BCUT2D eigenvalue weighted by Crippen LogP contribution is 2.29. The summed E-state index contributed by atoms with van der Waals surface area (Å²) in [5.41, 5.74) is 0.810. The fourth-order valence-electron chi connectivity index (χ4n) is 2.18. The van der Waals surface area contributed by atoms with E-state index in [0.29, 0.717) is 12.3 Å². The summed E-state index contributed by atoms with van der Waals surface area (Å²) in [4.78, 5) is 3.35. The maximum atomic E-state index is 12.0. The van der Waals surface area contributed by atoms with Crippen LogP contribution in [0.1, 0.15) is 5.56 Å². The topological polar surface area (TPSA) is 58.6 Å². The summed E-state index contributed by atoms with van der Waals surface area (Å²) < 4.78 is 32.3. The number of hydrogen-bond acceptors (Lipinski definition) is 5. The van der Waals surface area contributed by atoms with E-state index in [-0.39, 0.29) is 4.90 Å². The second kappa shape index (κ2) is 8.02. The van der Waals surface area contributed by atoms with E-state index in [1.807, 2.05) is 49.5 Å². The largest absolute Gasteiger partial charge is 0.457 e. The molecule has 5 nitrogen and oxygen atoms in total. The Kier molecular flexibility index (Phi) is 6.28. The molecular weight excluding hydrogens is 344 g/mol. The quantitative estimate of drug-likeness (QED) is 0.763. The maximum absolute atomic E-state index is 12.0. The fraction of sp³-hybridized carbons (Fsp3) is 0.294. The summed E-state index contributed by atoms with van der Waals surface area (Å²) in [6.45, 7) is 0.575. The molecule has 2 aromatic carbocycles. The average Bonchev–Trinajstić information content (AvgIpc) is 2.56. The van der Waals surface area contributed by atoms with Gasteiger partial charge in [-0.2, -0.15) is 0 Å². The van der Waals surface area contributed by atoms with Crippen LogP contribution in [-0.2, 0) is 16.6 Å². The van der Waals surface area contributed by atoms with Crippen LogP contribution in [0.25, 0.3) is 0 Å². The van der Waals surface area contributed by atoms with Crippen LogP contribution in [0.2, 0.25) is 0 Å². The van der Waals surface area contributed by atoms with Gasteiger partial charge in [-0.05, 0) is 69.9 Å². The molecule has 2 rings (SSSR count). The van der Waals surface area contributed by atoms with Gasteiger partial charge in [0.1, 0.15) is 11.5 Å². The predicted molar refractivity (Wildman–Crippen MR) is 98.4 cm³/mol. The molecule has 0 radical (unpaired) electrons. The van der Waals surface area contributed by atoms with Crippen LogP contribution in [0, 0.1) is 0 Å². The molecule has 0 spiro atoms. The van der Waals surface area contributed by atoms with Crippen molar-refractivity contribution in [1.29, 1.82) is 0 Å². The van der Waals surface area contributed by atoms with Gasteiger partial charge in [-0.1, -0.05) is 0 Å². The van der Waals surface area contributed by atoms with Crippen molar-refractivity contribution < 1.29 is 13.2 Å². The minimum Gasteiger partial charge on any atom is -0.457 e. The molecule has 1 N–H and O–H groups in total. The van der Waals surface area contributed by atoms with Crippen molar-refractivity contribution in [2.75, 3.05) is 27.4 Å². The first-order valence-electron chi connectivity index (χ1n) is 7.39. The SMILES string of the molecule is CNS(=O)(=O)c1ccc(Oc2ccc(SC)cc2)c(CN(C)C)c1. The highest BCUT2D eigenvalue weighted by Gasteiger charge is 2.15. The molecule has 7 heteroatoms. The number of nitrogens with zero attached hydrogens (tertiary/aromatic N) is 1. The van der Waals surface area contributed by atoms with Gasteiger partial charge in [0.05, 0.1) is 4.90 Å². The van der Waals surface area contributed by atoms with Crippen LogP contribution in [0.3, 0.4) is 0 Å². The molecule has 0 unspecified atom stereocenters. The highest BCUT2D eigenvalue weighted by molar-refractivity contribution is 7.98. The number of ether oxygens (including phenoxy) is 1. The zero-order valence-corrected chi connectivity index (χ0v) is 15.9. The van der Waals surface area contributed by atoms with Crippen molar-refractivity contribution in [1.82, 2.24) is 9.62 Å². The lowest BCUT2D eigenvalue weighted by molar-refractivity contribution is 0.388. The van der Waals surface area contributed by atoms with Crippen LogP contribution in [0.4, 0.5) is 0 Å². The molecule has 0 amide bonds. The summed E-state index contributed by atoms with van der Waals surface area (Å²) in [5.74, 6) is 1.37. The van der Waals surface area contributed by atoms with Crippen molar-refractivity contribution in [2.45, 2.75) is 16.3 Å². The van der Waals surface area contributed by atoms with Gasteiger partial charge in [0.25, 0.3) is 0 Å². The van der Waals surface area contributed by atoms with Gasteiger partial charge in [-0.15, -0.1) is 11.8 Å². The number of rotatable bonds is 7. The van der Waals surface area contributed by atoms with E-state index in [2.05, 4.69) is 4.72 Å². The molecule has 130 valence electrons. The molecule has 0 aliphatic rings. The highest BCUT2D eigenvalue weighted by atomic mass is 32.2. The van der Waals surface area contributed by atoms with Crippen LogP contribution < -0.4 is 9.46 Å². The van der Waals surface area contributed by atoms with Gasteiger partial charge in [0, 0.05) is 17.0 Å². The maximum Gasteiger partial charge on any atom is 0.240 e. The lowest BCUT2D eigenvalue weighted by Crippen LogP contribution is -2.19. The van der Waals surface area contributed by atoms with Crippen molar-refractivity contribution >= 4 is 21.8 Å². The molecule has 0 aliphatic carbocycles. The molecule has 0 heterocycles. The normalized spacial score (nSPS) is 11.7. The molecule has 0 saturated heterocycles. The standard InChI is InChI=1S/C17H22N2O3S2/c1-18-24(20,21)16-9-10-17(13(11-16)12-19(2)3)22-14-5-7-15(23-4)8-6-14/h5-11,18H,12H2,1-4H3. The first-order valence-corrected chi connectivity index (χ1v) is 10.1. The van der Waals surface area contributed by atoms with E-state index >= 15 is 0 Å². The molecule has 0 atom stereocenters. The zero-order valence-electron chi connectivity index (χ0n) is 14.2. The van der Waals surface area contributed by atoms with E-state index in [4.69, 9.17) is 4.74 Å². The predicted octanol–water partition coefficient (Wildman–Crippen LogP) is 3.17. The molecule has 24 heavy (non-hydrogen) atoms. The van der Waals surface area contributed by atoms with Crippen molar-refractivity contribution in [3.05, 3.63) is 48.0 Å². The molecule has 2 aromatic rings. The number of hydrogen-bond donors (Lipinski definition) is 1. The van der Waals surface area contributed by atoms with Crippen LogP contribution in [0.15, 0.2) is 52.3 Å². The molecule has 0 saturated carbocycles. The Morgan fingerprint density at radius 2 is 1.79 bits per heavy atom. The van der Waals surface area contributed by atoms with Gasteiger partial charge in [0.15, 0.2) is 0 Å². The summed E-state index contributed by atoms with van der Waals surface area (Å²) >= 11 is 1.67. The van der Waals surface area contributed by atoms with Crippen molar-refractivity contribution in [3.63, 3.8) is 0 Å².